The molecule has 13 heavy (non-hydrogen) atoms. The van der Waals surface area contributed by atoms with Crippen LogP contribution in [0.4, 0.5) is 0 Å². The summed E-state index contributed by atoms with van der Waals surface area (Å²) in [5, 5.41) is 0. The maximum absolute atomic E-state index is 11.2. The molecule has 0 radical (unpaired) electrons. The van der Waals surface area contributed by atoms with E-state index in [0.29, 0.717) is 0 Å². The number of rotatable bonds is 2. The van der Waals surface area contributed by atoms with Crippen LogP contribution < -0.4 is 0 Å². The van der Waals surface area contributed by atoms with E-state index in [1.807, 2.05) is 13.0 Å². The number of hydrogen-bond donors (Lipinski definition) is 0. The molecule has 2 nitrogen and oxygen atoms in total. The van der Waals surface area contributed by atoms with E-state index in [2.05, 4.69) is 13.0 Å². The highest BCUT2D eigenvalue weighted by Crippen LogP contribution is 2.43. The number of carbonyl (C=O) groups is 1. The lowest BCUT2D eigenvalue weighted by atomic mass is 9.92. The first-order valence-corrected chi connectivity index (χ1v) is 4.74. The smallest absolute Gasteiger partial charge is 0.317 e. The van der Waals surface area contributed by atoms with Crippen molar-refractivity contribution in [3.05, 3.63) is 23.3 Å². The third-order valence-electron chi connectivity index (χ3n) is 2.90. The second kappa shape index (κ2) is 3.02. The van der Waals surface area contributed by atoms with Crippen LogP contribution in [0.25, 0.3) is 0 Å². The zero-order chi connectivity index (χ0) is 9.42. The van der Waals surface area contributed by atoms with Crippen molar-refractivity contribution in [2.24, 2.45) is 5.92 Å². The molecule has 1 aliphatic heterocycles. The molecule has 2 aliphatic rings. The molecule has 0 unspecified atom stereocenters. The minimum absolute atomic E-state index is 0.0265. The molecule has 0 aromatic carbocycles. The third-order valence-corrected chi connectivity index (χ3v) is 2.90. The first-order valence-electron chi connectivity index (χ1n) is 4.74. The largest absolute Gasteiger partial charge is 0.460 e. The Balaban J connectivity index is 2.14. The van der Waals surface area contributed by atoms with Gasteiger partial charge in [0.25, 0.3) is 0 Å². The maximum atomic E-state index is 11.2. The molecule has 1 fully saturated rings. The van der Waals surface area contributed by atoms with Gasteiger partial charge in [-0.3, -0.25) is 4.79 Å². The molecule has 1 aliphatic carbocycles. The van der Waals surface area contributed by atoms with Crippen LogP contribution in [0.3, 0.4) is 0 Å². The molecule has 0 bridgehead atoms. The molecule has 2 atom stereocenters. The Morgan fingerprint density at radius 3 is 3.00 bits per heavy atom. The van der Waals surface area contributed by atoms with Crippen LogP contribution in [0, 0.1) is 5.92 Å². The molecule has 0 spiro atoms. The normalized spacial score (nSPS) is 32.0. The summed E-state index contributed by atoms with van der Waals surface area (Å²) in [4.78, 5) is 11.2. The highest BCUT2D eigenvalue weighted by atomic mass is 16.6. The van der Waals surface area contributed by atoms with Crippen LogP contribution >= 0.6 is 0 Å². The van der Waals surface area contributed by atoms with Crippen molar-refractivity contribution in [2.45, 2.75) is 32.8 Å². The summed E-state index contributed by atoms with van der Waals surface area (Å²) in [6.07, 6.45) is 6.17. The molecular weight excluding hydrogens is 164 g/mol. The molecule has 0 N–H and O–H groups in total. The molecular formula is C11H14O2. The number of fused-ring (bicyclic) bond motifs is 1. The Kier molecular flexibility index (Phi) is 1.98. The highest BCUT2D eigenvalue weighted by Gasteiger charge is 2.48. The number of carbonyl (C=O) groups excluding carboxylic acids is 1. The summed E-state index contributed by atoms with van der Waals surface area (Å²) in [6.45, 7) is 4.11. The summed E-state index contributed by atoms with van der Waals surface area (Å²) < 4.78 is 5.04. The van der Waals surface area contributed by atoms with Crippen molar-refractivity contribution in [1.29, 1.82) is 0 Å². The first-order chi connectivity index (χ1) is 6.24. The molecule has 70 valence electrons. The second-order valence-electron chi connectivity index (χ2n) is 3.74. The van der Waals surface area contributed by atoms with Crippen molar-refractivity contribution in [2.75, 3.05) is 0 Å². The van der Waals surface area contributed by atoms with Crippen molar-refractivity contribution < 1.29 is 9.53 Å². The highest BCUT2D eigenvalue weighted by molar-refractivity contribution is 5.83. The van der Waals surface area contributed by atoms with Gasteiger partial charge in [0.2, 0.25) is 0 Å². The van der Waals surface area contributed by atoms with Gasteiger partial charge in [0.05, 0.1) is 0 Å². The molecule has 0 amide bonds. The van der Waals surface area contributed by atoms with Crippen LogP contribution in [0.1, 0.15) is 26.7 Å². The predicted octanol–water partition coefficient (Wildman–Crippen LogP) is 2.21. The summed E-state index contributed by atoms with van der Waals surface area (Å²) in [5.74, 6) is 0.0672. The van der Waals surface area contributed by atoms with Crippen LogP contribution in [-0.4, -0.2) is 12.1 Å². The van der Waals surface area contributed by atoms with Gasteiger partial charge in [-0.1, -0.05) is 17.7 Å². The third kappa shape index (κ3) is 1.21. The lowest BCUT2D eigenvalue weighted by Crippen LogP contribution is -2.42. The number of esters is 1. The lowest BCUT2D eigenvalue weighted by molar-refractivity contribution is -0.177. The number of ether oxygens (including phenoxy) is 1. The van der Waals surface area contributed by atoms with Gasteiger partial charge in [0.15, 0.2) is 0 Å². The standard InChI is InChI=1S/C11H14O2/c1-3-4-5-8-7(2)6-9-10(8)11(12)13-9/h3-4,9-10H,5-6H2,1-2H3/b4-3+/t9-,10-/m0/s1. The Morgan fingerprint density at radius 2 is 2.38 bits per heavy atom. The zero-order valence-electron chi connectivity index (χ0n) is 8.04. The van der Waals surface area contributed by atoms with Gasteiger partial charge in [-0.25, -0.2) is 0 Å². The average molecular weight is 178 g/mol. The van der Waals surface area contributed by atoms with Gasteiger partial charge in [-0.2, -0.15) is 0 Å². The van der Waals surface area contributed by atoms with Crippen molar-refractivity contribution in [1.82, 2.24) is 0 Å². The molecule has 1 saturated heterocycles. The van der Waals surface area contributed by atoms with Gasteiger partial charge >= 0.3 is 5.97 Å². The Morgan fingerprint density at radius 1 is 1.62 bits per heavy atom. The summed E-state index contributed by atoms with van der Waals surface area (Å²) in [5.41, 5.74) is 2.64. The predicted molar refractivity (Wildman–Crippen MR) is 50.1 cm³/mol. The SMILES string of the molecule is C/C=C/CC1=C(C)C[C@@H]2OC(=O)[C@@H]12. The fraction of sp³-hybridized carbons (Fsp3) is 0.545. The molecule has 2 heteroatoms. The topological polar surface area (TPSA) is 26.3 Å². The number of allylic oxidation sites excluding steroid dienone is 2. The molecule has 2 rings (SSSR count). The quantitative estimate of drug-likeness (QED) is 0.478. The second-order valence-corrected chi connectivity index (χ2v) is 3.74. The van der Waals surface area contributed by atoms with E-state index in [4.69, 9.17) is 4.74 Å². The summed E-state index contributed by atoms with van der Waals surface area (Å²) >= 11 is 0. The molecule has 0 aromatic rings. The van der Waals surface area contributed by atoms with E-state index in [9.17, 15) is 4.79 Å². The van der Waals surface area contributed by atoms with Gasteiger partial charge in [-0.15, -0.1) is 0 Å². The minimum atomic E-state index is -0.0265. The Hall–Kier alpha value is -1.05. The molecule has 0 saturated carbocycles. The van der Waals surface area contributed by atoms with Gasteiger partial charge in [0, 0.05) is 6.42 Å². The average Bonchev–Trinajstić information content (AvgIpc) is 2.34. The zero-order valence-corrected chi connectivity index (χ0v) is 8.04. The Labute approximate surface area is 78.3 Å². The first kappa shape index (κ1) is 8.54. The fourth-order valence-corrected chi connectivity index (χ4v) is 2.14. The van der Waals surface area contributed by atoms with Crippen molar-refractivity contribution in [3.8, 4) is 0 Å². The van der Waals surface area contributed by atoms with Crippen LogP contribution in [0.2, 0.25) is 0 Å². The molecule has 0 aromatic heterocycles. The maximum Gasteiger partial charge on any atom is 0.317 e. The minimum Gasteiger partial charge on any atom is -0.460 e. The van der Waals surface area contributed by atoms with E-state index in [1.165, 1.54) is 11.1 Å². The van der Waals surface area contributed by atoms with Crippen molar-refractivity contribution >= 4 is 5.97 Å². The van der Waals surface area contributed by atoms with Crippen LogP contribution in [0.15, 0.2) is 23.3 Å². The summed E-state index contributed by atoms with van der Waals surface area (Å²) in [7, 11) is 0. The van der Waals surface area contributed by atoms with E-state index >= 15 is 0 Å². The van der Waals surface area contributed by atoms with E-state index in [1.54, 1.807) is 0 Å². The number of hydrogen-bond acceptors (Lipinski definition) is 2. The van der Waals surface area contributed by atoms with Gasteiger partial charge < -0.3 is 4.74 Å². The monoisotopic (exact) mass is 178 g/mol. The van der Waals surface area contributed by atoms with Crippen LogP contribution in [-0.2, 0) is 9.53 Å². The molecule has 1 heterocycles. The Bertz CT molecular complexity index is 299. The van der Waals surface area contributed by atoms with Crippen molar-refractivity contribution in [3.63, 3.8) is 0 Å². The fourth-order valence-electron chi connectivity index (χ4n) is 2.14. The summed E-state index contributed by atoms with van der Waals surface area (Å²) in [6, 6.07) is 0. The van der Waals surface area contributed by atoms with Gasteiger partial charge in [-0.05, 0) is 25.8 Å². The lowest BCUT2D eigenvalue weighted by Gasteiger charge is -2.31. The van der Waals surface area contributed by atoms with E-state index < -0.39 is 0 Å². The van der Waals surface area contributed by atoms with E-state index in [0.717, 1.165) is 12.8 Å². The van der Waals surface area contributed by atoms with E-state index in [-0.39, 0.29) is 18.0 Å². The van der Waals surface area contributed by atoms with Crippen LogP contribution in [0.5, 0.6) is 0 Å². The van der Waals surface area contributed by atoms with Gasteiger partial charge in [0.1, 0.15) is 12.0 Å².